The number of fused-ring (bicyclic) bond motifs is 1. The first-order valence-electron chi connectivity index (χ1n) is 14.2. The molecule has 0 aliphatic heterocycles. The minimum Gasteiger partial charge on any atom is -0.497 e. The zero-order valence-corrected chi connectivity index (χ0v) is 25.1. The lowest BCUT2D eigenvalue weighted by Crippen LogP contribution is -2.55. The third kappa shape index (κ3) is 5.66. The van der Waals surface area contributed by atoms with Crippen molar-refractivity contribution < 1.29 is 28.6 Å². The third-order valence-corrected chi connectivity index (χ3v) is 8.04. The number of carbonyl (C=O) groups excluding carboxylic acids is 3. The highest BCUT2D eigenvalue weighted by molar-refractivity contribution is 6.00. The number of carbonyl (C=O) groups is 3. The van der Waals surface area contributed by atoms with E-state index in [9.17, 15) is 14.4 Å². The first-order valence-corrected chi connectivity index (χ1v) is 14.2. The molecule has 0 spiro atoms. The standard InChI is InChI=1S/C36H34N2O6/c1-24(31-23-38(22-25-11-7-5-8-12-25)32-20-17-27(21-30(31)32)34(40)43-3)36(35(41)44-4,28-13-9-6-10-14-28)37-33(39)26-15-18-29(42-2)19-16-26/h5-21,23-24H,22H2,1-4H3,(H,37,39)/t24-,36-/m0/s1. The number of nitrogens with one attached hydrogen (secondary N) is 1. The van der Waals surface area contributed by atoms with Crippen LogP contribution in [-0.4, -0.2) is 43.7 Å². The van der Waals surface area contributed by atoms with Crippen LogP contribution in [0.25, 0.3) is 10.9 Å². The van der Waals surface area contributed by atoms with E-state index in [0.29, 0.717) is 29.0 Å². The third-order valence-electron chi connectivity index (χ3n) is 8.04. The second kappa shape index (κ2) is 12.9. The van der Waals surface area contributed by atoms with Crippen molar-refractivity contribution in [1.29, 1.82) is 0 Å². The number of rotatable bonds is 10. The Morgan fingerprint density at radius 1 is 0.795 bits per heavy atom. The molecule has 0 saturated heterocycles. The van der Waals surface area contributed by atoms with Gasteiger partial charge in [-0.25, -0.2) is 9.59 Å². The van der Waals surface area contributed by atoms with Gasteiger partial charge in [-0.2, -0.15) is 0 Å². The van der Waals surface area contributed by atoms with Gasteiger partial charge in [-0.3, -0.25) is 4.79 Å². The van der Waals surface area contributed by atoms with Crippen molar-refractivity contribution in [2.75, 3.05) is 21.3 Å². The van der Waals surface area contributed by atoms with Gasteiger partial charge in [0, 0.05) is 35.1 Å². The van der Waals surface area contributed by atoms with Crippen molar-refractivity contribution >= 4 is 28.7 Å². The summed E-state index contributed by atoms with van der Waals surface area (Å²) in [6.07, 6.45) is 1.98. The molecule has 0 unspecified atom stereocenters. The van der Waals surface area contributed by atoms with Crippen LogP contribution in [0.1, 0.15) is 50.2 Å². The van der Waals surface area contributed by atoms with E-state index in [1.165, 1.54) is 14.2 Å². The van der Waals surface area contributed by atoms with Gasteiger partial charge in [0.1, 0.15) is 5.75 Å². The molecular weight excluding hydrogens is 556 g/mol. The molecule has 1 aromatic heterocycles. The number of amides is 1. The number of methoxy groups -OCH3 is 3. The maximum absolute atomic E-state index is 14.0. The van der Waals surface area contributed by atoms with E-state index in [4.69, 9.17) is 14.2 Å². The highest BCUT2D eigenvalue weighted by atomic mass is 16.5. The molecule has 5 rings (SSSR count). The monoisotopic (exact) mass is 590 g/mol. The van der Waals surface area contributed by atoms with Gasteiger partial charge in [0.05, 0.1) is 26.9 Å². The van der Waals surface area contributed by atoms with Crippen LogP contribution in [0.15, 0.2) is 109 Å². The molecule has 0 aliphatic carbocycles. The zero-order chi connectivity index (χ0) is 31.3. The smallest absolute Gasteiger partial charge is 0.337 e. The van der Waals surface area contributed by atoms with Crippen molar-refractivity contribution in [2.24, 2.45) is 0 Å². The molecular formula is C36H34N2O6. The highest BCUT2D eigenvalue weighted by Crippen LogP contribution is 2.42. The predicted molar refractivity (Wildman–Crippen MR) is 168 cm³/mol. The quantitative estimate of drug-likeness (QED) is 0.198. The van der Waals surface area contributed by atoms with Crippen LogP contribution in [0.2, 0.25) is 0 Å². The van der Waals surface area contributed by atoms with E-state index in [1.807, 2.05) is 67.7 Å². The van der Waals surface area contributed by atoms with E-state index < -0.39 is 29.3 Å². The van der Waals surface area contributed by atoms with Crippen molar-refractivity contribution in [3.63, 3.8) is 0 Å². The van der Waals surface area contributed by atoms with Gasteiger partial charge < -0.3 is 24.1 Å². The van der Waals surface area contributed by atoms with Gasteiger partial charge in [0.15, 0.2) is 5.54 Å². The molecule has 1 amide bonds. The molecule has 0 fully saturated rings. The van der Waals surface area contributed by atoms with Gasteiger partial charge in [0.2, 0.25) is 0 Å². The Morgan fingerprint density at radius 3 is 2.05 bits per heavy atom. The topological polar surface area (TPSA) is 95.9 Å². The summed E-state index contributed by atoms with van der Waals surface area (Å²) < 4.78 is 17.8. The second-order valence-electron chi connectivity index (χ2n) is 10.5. The van der Waals surface area contributed by atoms with Gasteiger partial charge in [-0.1, -0.05) is 67.6 Å². The number of ether oxygens (including phenoxy) is 3. The molecule has 0 saturated carbocycles. The van der Waals surface area contributed by atoms with Crippen LogP contribution < -0.4 is 10.1 Å². The lowest BCUT2D eigenvalue weighted by molar-refractivity contribution is -0.149. The zero-order valence-electron chi connectivity index (χ0n) is 25.1. The van der Waals surface area contributed by atoms with Crippen molar-refractivity contribution in [1.82, 2.24) is 9.88 Å². The van der Waals surface area contributed by atoms with E-state index in [-0.39, 0.29) is 0 Å². The summed E-state index contributed by atoms with van der Waals surface area (Å²) in [4.78, 5) is 40.5. The summed E-state index contributed by atoms with van der Waals surface area (Å²) in [7, 11) is 4.19. The molecule has 4 aromatic carbocycles. The van der Waals surface area contributed by atoms with Crippen LogP contribution in [-0.2, 0) is 26.4 Å². The summed E-state index contributed by atoms with van der Waals surface area (Å²) in [5, 5.41) is 3.82. The van der Waals surface area contributed by atoms with Crippen LogP contribution in [0.5, 0.6) is 5.75 Å². The van der Waals surface area contributed by atoms with Gasteiger partial charge in [-0.15, -0.1) is 0 Å². The highest BCUT2D eigenvalue weighted by Gasteiger charge is 2.49. The van der Waals surface area contributed by atoms with Gasteiger partial charge in [-0.05, 0) is 59.2 Å². The Hall–Kier alpha value is -5.37. The van der Waals surface area contributed by atoms with E-state index in [2.05, 4.69) is 9.88 Å². The molecule has 5 aromatic rings. The summed E-state index contributed by atoms with van der Waals surface area (Å²) in [5.74, 6) is -1.63. The molecule has 8 nitrogen and oxygen atoms in total. The fourth-order valence-electron chi connectivity index (χ4n) is 5.69. The number of hydrogen-bond donors (Lipinski definition) is 1. The minimum absolute atomic E-state index is 0.349. The Morgan fingerprint density at radius 2 is 1.43 bits per heavy atom. The number of aromatic nitrogens is 1. The van der Waals surface area contributed by atoms with Crippen LogP contribution >= 0.6 is 0 Å². The number of benzene rings is 4. The fraction of sp³-hybridized carbons (Fsp3) is 0.194. The lowest BCUT2D eigenvalue weighted by Gasteiger charge is -2.38. The molecule has 44 heavy (non-hydrogen) atoms. The predicted octanol–water partition coefficient (Wildman–Crippen LogP) is 6.09. The normalized spacial score (nSPS) is 13.0. The average molecular weight is 591 g/mol. The first kappa shape index (κ1) is 30.1. The summed E-state index contributed by atoms with van der Waals surface area (Å²) >= 11 is 0. The summed E-state index contributed by atoms with van der Waals surface area (Å²) in [6, 6.07) is 31.1. The van der Waals surface area contributed by atoms with E-state index >= 15 is 0 Å². The maximum atomic E-state index is 14.0. The Bertz CT molecular complexity index is 1780. The maximum Gasteiger partial charge on any atom is 0.337 e. The Kier molecular flexibility index (Phi) is 8.81. The molecule has 8 heteroatoms. The van der Waals surface area contributed by atoms with Crippen molar-refractivity contribution in [2.45, 2.75) is 24.9 Å². The molecule has 0 bridgehead atoms. The molecule has 1 heterocycles. The van der Waals surface area contributed by atoms with Crippen molar-refractivity contribution in [3.8, 4) is 5.75 Å². The van der Waals surface area contributed by atoms with Crippen LogP contribution in [0.3, 0.4) is 0 Å². The number of hydrogen-bond acceptors (Lipinski definition) is 6. The molecule has 0 aliphatic rings. The summed E-state index contributed by atoms with van der Waals surface area (Å²) in [6.45, 7) is 2.43. The summed E-state index contributed by atoms with van der Waals surface area (Å²) in [5.41, 5.74) is 2.31. The average Bonchev–Trinajstić information content (AvgIpc) is 3.44. The Balaban J connectivity index is 1.71. The number of nitrogens with zero attached hydrogens (tertiary/aromatic N) is 1. The van der Waals surface area contributed by atoms with Crippen LogP contribution in [0, 0.1) is 0 Å². The SMILES string of the molecule is COC(=O)c1ccc2c(c1)c([C@H](C)[C@@](NC(=O)c1ccc(OC)cc1)(C(=O)OC)c1ccccc1)cn2Cc1ccccc1. The van der Waals surface area contributed by atoms with Crippen LogP contribution in [0.4, 0.5) is 0 Å². The van der Waals surface area contributed by atoms with E-state index in [1.54, 1.807) is 55.6 Å². The lowest BCUT2D eigenvalue weighted by atomic mass is 9.74. The fourth-order valence-corrected chi connectivity index (χ4v) is 5.69. The minimum atomic E-state index is -1.64. The van der Waals surface area contributed by atoms with Crippen molar-refractivity contribution in [3.05, 3.63) is 137 Å². The Labute approximate surface area is 256 Å². The molecule has 2 atom stereocenters. The number of esters is 2. The first-order chi connectivity index (χ1) is 21.3. The molecule has 1 N–H and O–H groups in total. The van der Waals surface area contributed by atoms with E-state index in [0.717, 1.165) is 22.0 Å². The molecule has 0 radical (unpaired) electrons. The largest absolute Gasteiger partial charge is 0.497 e. The van der Waals surface area contributed by atoms with Gasteiger partial charge in [0.25, 0.3) is 5.91 Å². The molecule has 224 valence electrons. The van der Waals surface area contributed by atoms with Gasteiger partial charge >= 0.3 is 11.9 Å². The second-order valence-corrected chi connectivity index (χ2v) is 10.5.